The summed E-state index contributed by atoms with van der Waals surface area (Å²) in [4.78, 5) is 20.5. The highest BCUT2D eigenvalue weighted by atomic mass is 35.5. The summed E-state index contributed by atoms with van der Waals surface area (Å²) in [6.45, 7) is 0.455. The van der Waals surface area contributed by atoms with Gasteiger partial charge < -0.3 is 5.11 Å². The fraction of sp³-hybridized carbons (Fsp3) is 0.667. The topological polar surface area (TPSA) is 54.4 Å². The van der Waals surface area contributed by atoms with Crippen LogP contribution in [-0.2, 0) is 9.59 Å². The van der Waals surface area contributed by atoms with E-state index in [2.05, 4.69) is 0 Å². The quantitative estimate of drug-likeness (QED) is 0.735. The molecular weight excluding hydrogens is 213 g/mol. The first kappa shape index (κ1) is 12.2. The minimum Gasteiger partial charge on any atom is -0.481 e. The molecule has 3 nitrogen and oxygen atoms in total. The second-order valence-electron chi connectivity index (χ2n) is 2.67. The smallest absolute Gasteiger partial charge is 0.402 e. The Kier molecular flexibility index (Phi) is 3.32. The molecule has 0 saturated carbocycles. The summed E-state index contributed by atoms with van der Waals surface area (Å²) < 4.78 is 36.4. The molecular formula is C6H6ClF3O3. The molecule has 0 aliphatic rings. The second-order valence-corrected chi connectivity index (χ2v) is 3.02. The van der Waals surface area contributed by atoms with E-state index in [0.29, 0.717) is 6.92 Å². The van der Waals surface area contributed by atoms with Crippen molar-refractivity contribution in [2.24, 2.45) is 5.41 Å². The number of rotatable bonds is 3. The first-order chi connectivity index (χ1) is 5.61. The lowest BCUT2D eigenvalue weighted by atomic mass is 9.87. The van der Waals surface area contributed by atoms with Gasteiger partial charge in [-0.25, -0.2) is 0 Å². The van der Waals surface area contributed by atoms with Crippen LogP contribution in [0.15, 0.2) is 0 Å². The van der Waals surface area contributed by atoms with Crippen LogP contribution in [0.2, 0.25) is 0 Å². The van der Waals surface area contributed by atoms with Crippen LogP contribution in [0.25, 0.3) is 0 Å². The summed E-state index contributed by atoms with van der Waals surface area (Å²) in [7, 11) is 0. The normalized spacial score (nSPS) is 16.4. The van der Waals surface area contributed by atoms with E-state index in [4.69, 9.17) is 16.7 Å². The third kappa shape index (κ3) is 2.58. The van der Waals surface area contributed by atoms with Crippen molar-refractivity contribution in [3.05, 3.63) is 0 Å². The second kappa shape index (κ2) is 3.53. The maximum atomic E-state index is 12.1. The Balaban J connectivity index is 4.96. The lowest BCUT2D eigenvalue weighted by Crippen LogP contribution is -2.42. The molecule has 0 aromatic carbocycles. The van der Waals surface area contributed by atoms with Gasteiger partial charge in [0.15, 0.2) is 0 Å². The molecule has 76 valence electrons. The lowest BCUT2D eigenvalue weighted by molar-refractivity contribution is -0.215. The van der Waals surface area contributed by atoms with E-state index in [1.54, 1.807) is 0 Å². The van der Waals surface area contributed by atoms with Gasteiger partial charge in [0.1, 0.15) is 5.41 Å². The summed E-state index contributed by atoms with van der Waals surface area (Å²) >= 11 is 4.69. The Morgan fingerprint density at radius 1 is 1.38 bits per heavy atom. The maximum absolute atomic E-state index is 12.1. The van der Waals surface area contributed by atoms with Crippen LogP contribution in [-0.4, -0.2) is 22.5 Å². The number of aliphatic carboxylic acids is 1. The van der Waals surface area contributed by atoms with Crippen molar-refractivity contribution in [2.75, 3.05) is 0 Å². The third-order valence-electron chi connectivity index (χ3n) is 1.56. The Hall–Kier alpha value is -0.780. The molecule has 1 atom stereocenters. The van der Waals surface area contributed by atoms with Crippen molar-refractivity contribution in [3.8, 4) is 0 Å². The summed E-state index contributed by atoms with van der Waals surface area (Å²) in [5, 5.41) is 6.43. The number of carboxylic acid groups (broad SMARTS) is 1. The van der Waals surface area contributed by atoms with Crippen LogP contribution < -0.4 is 0 Å². The predicted molar refractivity (Wildman–Crippen MR) is 37.3 cm³/mol. The fourth-order valence-electron chi connectivity index (χ4n) is 0.584. The van der Waals surface area contributed by atoms with Gasteiger partial charge in [-0.05, 0) is 18.5 Å². The minimum absolute atomic E-state index is 0.455. The highest BCUT2D eigenvalue weighted by Crippen LogP contribution is 2.42. The number of hydrogen-bond acceptors (Lipinski definition) is 2. The summed E-state index contributed by atoms with van der Waals surface area (Å²) in [6.07, 6.45) is -6.32. The Bertz CT molecular complexity index is 238. The minimum atomic E-state index is -4.95. The zero-order chi connectivity index (χ0) is 10.9. The number of alkyl halides is 3. The highest BCUT2D eigenvalue weighted by molar-refractivity contribution is 6.64. The third-order valence-corrected chi connectivity index (χ3v) is 1.98. The summed E-state index contributed by atoms with van der Waals surface area (Å²) in [6, 6.07) is 0. The molecule has 0 amide bonds. The zero-order valence-electron chi connectivity index (χ0n) is 6.48. The Morgan fingerprint density at radius 3 is 1.85 bits per heavy atom. The summed E-state index contributed by atoms with van der Waals surface area (Å²) in [5.74, 6) is -1.73. The van der Waals surface area contributed by atoms with Crippen LogP contribution in [0, 0.1) is 5.41 Å². The van der Waals surface area contributed by atoms with Crippen molar-refractivity contribution in [1.29, 1.82) is 0 Å². The molecule has 0 aliphatic carbocycles. The molecule has 0 saturated heterocycles. The average Bonchev–Trinajstić information content (AvgIpc) is 1.82. The van der Waals surface area contributed by atoms with Crippen LogP contribution in [0.3, 0.4) is 0 Å². The molecule has 0 aromatic rings. The molecule has 0 radical (unpaired) electrons. The van der Waals surface area contributed by atoms with Gasteiger partial charge in [0.05, 0.1) is 6.42 Å². The number of carboxylic acids is 1. The number of hydrogen-bond donors (Lipinski definition) is 1. The van der Waals surface area contributed by atoms with Crippen LogP contribution in [0.4, 0.5) is 13.2 Å². The SMILES string of the molecule is CC(CC(=O)O)(C(=O)Cl)C(F)(F)F. The van der Waals surface area contributed by atoms with E-state index in [-0.39, 0.29) is 0 Å². The zero-order valence-corrected chi connectivity index (χ0v) is 7.24. The van der Waals surface area contributed by atoms with Gasteiger partial charge >= 0.3 is 12.1 Å². The molecule has 1 unspecified atom stereocenters. The van der Waals surface area contributed by atoms with E-state index < -0.39 is 29.2 Å². The molecule has 0 fully saturated rings. The van der Waals surface area contributed by atoms with Gasteiger partial charge in [-0.3, -0.25) is 9.59 Å². The van der Waals surface area contributed by atoms with E-state index in [9.17, 15) is 22.8 Å². The Labute approximate surface area is 76.5 Å². The predicted octanol–water partition coefficient (Wildman–Crippen LogP) is 1.80. The highest BCUT2D eigenvalue weighted by Gasteiger charge is 2.57. The molecule has 0 bridgehead atoms. The largest absolute Gasteiger partial charge is 0.481 e. The van der Waals surface area contributed by atoms with Gasteiger partial charge in [0.2, 0.25) is 5.24 Å². The van der Waals surface area contributed by atoms with Crippen LogP contribution in [0.1, 0.15) is 13.3 Å². The van der Waals surface area contributed by atoms with Crippen molar-refractivity contribution >= 4 is 22.8 Å². The van der Waals surface area contributed by atoms with Crippen molar-refractivity contribution in [3.63, 3.8) is 0 Å². The van der Waals surface area contributed by atoms with Crippen LogP contribution in [0.5, 0.6) is 0 Å². The number of carbonyl (C=O) groups excluding carboxylic acids is 1. The standard InChI is InChI=1S/C6H6ClF3O3/c1-5(4(7)13,2-3(11)12)6(8,9)10/h2H2,1H3,(H,11,12). The monoisotopic (exact) mass is 218 g/mol. The number of halogens is 4. The van der Waals surface area contributed by atoms with Crippen molar-refractivity contribution < 1.29 is 27.9 Å². The van der Waals surface area contributed by atoms with Gasteiger partial charge in [-0.1, -0.05) is 0 Å². The van der Waals surface area contributed by atoms with E-state index in [0.717, 1.165) is 0 Å². The van der Waals surface area contributed by atoms with Crippen molar-refractivity contribution in [2.45, 2.75) is 19.5 Å². The molecule has 0 aliphatic heterocycles. The van der Waals surface area contributed by atoms with Gasteiger partial charge in [-0.15, -0.1) is 0 Å². The molecule has 7 heteroatoms. The molecule has 0 heterocycles. The lowest BCUT2D eigenvalue weighted by Gasteiger charge is -2.25. The molecule has 13 heavy (non-hydrogen) atoms. The van der Waals surface area contributed by atoms with Gasteiger partial charge in [-0.2, -0.15) is 13.2 Å². The van der Waals surface area contributed by atoms with E-state index >= 15 is 0 Å². The van der Waals surface area contributed by atoms with Gasteiger partial charge in [0.25, 0.3) is 0 Å². The first-order valence-electron chi connectivity index (χ1n) is 3.09. The molecule has 0 spiro atoms. The van der Waals surface area contributed by atoms with Gasteiger partial charge in [0, 0.05) is 0 Å². The first-order valence-corrected chi connectivity index (χ1v) is 3.47. The van der Waals surface area contributed by atoms with Crippen molar-refractivity contribution in [1.82, 2.24) is 0 Å². The Morgan fingerprint density at radius 2 is 1.77 bits per heavy atom. The molecule has 0 aromatic heterocycles. The molecule has 0 rings (SSSR count). The van der Waals surface area contributed by atoms with Crippen LogP contribution >= 0.6 is 11.6 Å². The molecule has 1 N–H and O–H groups in total. The van der Waals surface area contributed by atoms with E-state index in [1.165, 1.54) is 0 Å². The maximum Gasteiger partial charge on any atom is 0.402 e. The average molecular weight is 219 g/mol. The van der Waals surface area contributed by atoms with E-state index in [1.807, 2.05) is 0 Å². The number of carbonyl (C=O) groups is 2. The summed E-state index contributed by atoms with van der Waals surface area (Å²) in [5.41, 5.74) is -3.01. The fourth-order valence-corrected chi connectivity index (χ4v) is 0.758.